The minimum absolute atomic E-state index is 0.0331. The summed E-state index contributed by atoms with van der Waals surface area (Å²) < 4.78 is 0. The zero-order valence-electron chi connectivity index (χ0n) is 10.8. The SMILES string of the molecule is CC1CC(N2C=CCC2=O)c2cc(C#N)ccc2N1. The van der Waals surface area contributed by atoms with Crippen LogP contribution in [0.3, 0.4) is 0 Å². The highest BCUT2D eigenvalue weighted by Crippen LogP contribution is 2.38. The van der Waals surface area contributed by atoms with Gasteiger partial charge in [-0.15, -0.1) is 0 Å². The van der Waals surface area contributed by atoms with Gasteiger partial charge < -0.3 is 10.2 Å². The molecule has 19 heavy (non-hydrogen) atoms. The highest BCUT2D eigenvalue weighted by molar-refractivity contribution is 5.82. The van der Waals surface area contributed by atoms with Crippen molar-refractivity contribution in [3.8, 4) is 6.07 Å². The molecular weight excluding hydrogens is 238 g/mol. The first-order chi connectivity index (χ1) is 9.19. The van der Waals surface area contributed by atoms with E-state index in [2.05, 4.69) is 18.3 Å². The number of nitriles is 1. The molecule has 1 amide bonds. The van der Waals surface area contributed by atoms with Gasteiger partial charge in [-0.1, -0.05) is 6.08 Å². The second kappa shape index (κ2) is 4.43. The van der Waals surface area contributed by atoms with E-state index in [-0.39, 0.29) is 11.9 Å². The van der Waals surface area contributed by atoms with E-state index in [0.717, 1.165) is 17.7 Å². The molecule has 0 bridgehead atoms. The number of carbonyl (C=O) groups excluding carboxylic acids is 1. The number of nitrogens with zero attached hydrogens (tertiary/aromatic N) is 2. The van der Waals surface area contributed by atoms with Crippen molar-refractivity contribution in [2.45, 2.75) is 31.8 Å². The van der Waals surface area contributed by atoms with Crippen molar-refractivity contribution < 1.29 is 4.79 Å². The number of fused-ring (bicyclic) bond motifs is 1. The van der Waals surface area contributed by atoms with E-state index in [1.807, 2.05) is 30.5 Å². The zero-order chi connectivity index (χ0) is 13.4. The van der Waals surface area contributed by atoms with E-state index in [0.29, 0.717) is 18.0 Å². The van der Waals surface area contributed by atoms with Crippen molar-refractivity contribution in [3.05, 3.63) is 41.6 Å². The summed E-state index contributed by atoms with van der Waals surface area (Å²) in [5.41, 5.74) is 2.70. The van der Waals surface area contributed by atoms with Crippen LogP contribution in [-0.4, -0.2) is 16.8 Å². The van der Waals surface area contributed by atoms with Gasteiger partial charge >= 0.3 is 0 Å². The molecule has 0 aliphatic carbocycles. The van der Waals surface area contributed by atoms with Gasteiger partial charge in [0.05, 0.1) is 17.7 Å². The molecule has 2 heterocycles. The minimum atomic E-state index is 0.0331. The molecule has 0 aromatic heterocycles. The van der Waals surface area contributed by atoms with Gasteiger partial charge in [-0.05, 0) is 37.1 Å². The Kier molecular flexibility index (Phi) is 2.75. The normalized spacial score (nSPS) is 24.8. The topological polar surface area (TPSA) is 56.1 Å². The smallest absolute Gasteiger partial charge is 0.230 e. The van der Waals surface area contributed by atoms with Crippen molar-refractivity contribution in [2.24, 2.45) is 0 Å². The van der Waals surface area contributed by atoms with E-state index >= 15 is 0 Å². The summed E-state index contributed by atoms with van der Waals surface area (Å²) in [7, 11) is 0. The lowest BCUT2D eigenvalue weighted by molar-refractivity contribution is -0.128. The first-order valence-electron chi connectivity index (χ1n) is 6.47. The third-order valence-corrected chi connectivity index (χ3v) is 3.70. The standard InChI is InChI=1S/C15H15N3O/c1-10-7-14(18-6-2-3-15(18)19)12-8-11(9-16)4-5-13(12)17-10/h2,4-6,8,10,14,17H,3,7H2,1H3. The van der Waals surface area contributed by atoms with Crippen molar-refractivity contribution in [3.63, 3.8) is 0 Å². The fourth-order valence-corrected chi connectivity index (χ4v) is 2.82. The zero-order valence-corrected chi connectivity index (χ0v) is 10.8. The second-order valence-corrected chi connectivity index (χ2v) is 5.10. The molecule has 1 aromatic rings. The van der Waals surface area contributed by atoms with E-state index in [9.17, 15) is 4.79 Å². The minimum Gasteiger partial charge on any atom is -0.382 e. The van der Waals surface area contributed by atoms with E-state index in [4.69, 9.17) is 5.26 Å². The van der Waals surface area contributed by atoms with Crippen LogP contribution in [0.4, 0.5) is 5.69 Å². The van der Waals surface area contributed by atoms with Crippen molar-refractivity contribution >= 4 is 11.6 Å². The molecule has 2 aliphatic heterocycles. The van der Waals surface area contributed by atoms with Crippen LogP contribution >= 0.6 is 0 Å². The van der Waals surface area contributed by atoms with Gasteiger partial charge in [0.15, 0.2) is 0 Å². The van der Waals surface area contributed by atoms with Gasteiger partial charge in [-0.2, -0.15) is 5.26 Å². The number of nitrogens with one attached hydrogen (secondary N) is 1. The average Bonchev–Trinajstić information content (AvgIpc) is 2.83. The largest absolute Gasteiger partial charge is 0.382 e. The molecule has 0 spiro atoms. The maximum atomic E-state index is 11.9. The van der Waals surface area contributed by atoms with Gasteiger partial charge in [-0.3, -0.25) is 4.79 Å². The molecule has 1 aromatic carbocycles. The first-order valence-corrected chi connectivity index (χ1v) is 6.47. The van der Waals surface area contributed by atoms with Crippen molar-refractivity contribution in [1.29, 1.82) is 5.26 Å². The molecule has 2 atom stereocenters. The van der Waals surface area contributed by atoms with Crippen LogP contribution in [0.1, 0.15) is 36.9 Å². The van der Waals surface area contributed by atoms with Gasteiger partial charge in [0.25, 0.3) is 0 Å². The second-order valence-electron chi connectivity index (χ2n) is 5.10. The molecule has 96 valence electrons. The Morgan fingerprint density at radius 3 is 3.00 bits per heavy atom. The molecule has 1 N–H and O–H groups in total. The highest BCUT2D eigenvalue weighted by atomic mass is 16.2. The molecular formula is C15H15N3O. The lowest BCUT2D eigenvalue weighted by atomic mass is 9.91. The van der Waals surface area contributed by atoms with Crippen molar-refractivity contribution in [1.82, 2.24) is 4.90 Å². The van der Waals surface area contributed by atoms with Crippen LogP contribution in [0.5, 0.6) is 0 Å². The predicted octanol–water partition coefficient (Wildman–Crippen LogP) is 2.55. The Bertz CT molecular complexity index is 600. The van der Waals surface area contributed by atoms with E-state index in [1.165, 1.54) is 0 Å². The van der Waals surface area contributed by atoms with Gasteiger partial charge in [0.1, 0.15) is 0 Å². The number of hydrogen-bond donors (Lipinski definition) is 1. The summed E-state index contributed by atoms with van der Waals surface area (Å²) in [6.07, 6.45) is 5.10. The molecule has 0 saturated heterocycles. The Hall–Kier alpha value is -2.28. The molecule has 0 saturated carbocycles. The van der Waals surface area contributed by atoms with Crippen LogP contribution in [0, 0.1) is 11.3 Å². The number of carbonyl (C=O) groups is 1. The summed E-state index contributed by atoms with van der Waals surface area (Å²) in [6, 6.07) is 8.13. The number of rotatable bonds is 1. The first kappa shape index (κ1) is 11.8. The number of amides is 1. The number of anilines is 1. The fourth-order valence-electron chi connectivity index (χ4n) is 2.82. The predicted molar refractivity (Wildman–Crippen MR) is 72.2 cm³/mol. The van der Waals surface area contributed by atoms with Gasteiger partial charge in [0, 0.05) is 24.4 Å². The van der Waals surface area contributed by atoms with Gasteiger partial charge in [0.2, 0.25) is 5.91 Å². The monoisotopic (exact) mass is 253 g/mol. The Morgan fingerprint density at radius 2 is 2.32 bits per heavy atom. The van der Waals surface area contributed by atoms with Crippen molar-refractivity contribution in [2.75, 3.05) is 5.32 Å². The Labute approximate surface area is 112 Å². The molecule has 4 heteroatoms. The third kappa shape index (κ3) is 1.97. The van der Waals surface area contributed by atoms with E-state index < -0.39 is 0 Å². The molecule has 3 rings (SSSR count). The van der Waals surface area contributed by atoms with E-state index in [1.54, 1.807) is 4.90 Å². The summed E-state index contributed by atoms with van der Waals surface area (Å²) >= 11 is 0. The molecule has 0 fully saturated rings. The maximum Gasteiger partial charge on any atom is 0.230 e. The Balaban J connectivity index is 2.05. The molecule has 2 unspecified atom stereocenters. The summed E-state index contributed by atoms with van der Waals surface area (Å²) in [5, 5.41) is 12.4. The maximum absolute atomic E-state index is 11.9. The van der Waals surface area contributed by atoms with Crippen LogP contribution < -0.4 is 5.32 Å². The summed E-state index contributed by atoms with van der Waals surface area (Å²) in [5.74, 6) is 0.132. The summed E-state index contributed by atoms with van der Waals surface area (Å²) in [6.45, 7) is 2.11. The lowest BCUT2D eigenvalue weighted by Crippen LogP contribution is -2.35. The highest BCUT2D eigenvalue weighted by Gasteiger charge is 2.32. The third-order valence-electron chi connectivity index (χ3n) is 3.70. The number of benzene rings is 1. The summed E-state index contributed by atoms with van der Waals surface area (Å²) in [4.78, 5) is 13.7. The number of hydrogen-bond acceptors (Lipinski definition) is 3. The van der Waals surface area contributed by atoms with Crippen LogP contribution in [0.2, 0.25) is 0 Å². The quantitative estimate of drug-likeness (QED) is 0.836. The lowest BCUT2D eigenvalue weighted by Gasteiger charge is -2.36. The molecule has 4 nitrogen and oxygen atoms in total. The van der Waals surface area contributed by atoms with Crippen LogP contribution in [0.25, 0.3) is 0 Å². The fraction of sp³-hybridized carbons (Fsp3) is 0.333. The average molecular weight is 253 g/mol. The molecule has 2 aliphatic rings. The molecule has 0 radical (unpaired) electrons. The van der Waals surface area contributed by atoms with Crippen LogP contribution in [-0.2, 0) is 4.79 Å². The Morgan fingerprint density at radius 1 is 1.47 bits per heavy atom. The van der Waals surface area contributed by atoms with Crippen LogP contribution in [0.15, 0.2) is 30.5 Å². The van der Waals surface area contributed by atoms with Gasteiger partial charge in [-0.25, -0.2) is 0 Å².